The summed E-state index contributed by atoms with van der Waals surface area (Å²) in [5.41, 5.74) is 3.60. The third-order valence-corrected chi connectivity index (χ3v) is 3.36. The summed E-state index contributed by atoms with van der Waals surface area (Å²) in [7, 11) is 0. The summed E-state index contributed by atoms with van der Waals surface area (Å²) < 4.78 is 0. The number of carbonyl (C=O) groups excluding carboxylic acids is 1. The molecule has 1 amide bonds. The molecule has 0 bridgehead atoms. The standard InChI is InChI=1S/C19H16N2O/c1-14-10-12-16-17(20-14)8-5-9-18(16)21-19(22)13-11-15-6-3-2-4-7-15/h2-13H,1H3,(H,21,22)/b13-11+. The Balaban J connectivity index is 1.81. The molecule has 22 heavy (non-hydrogen) atoms. The predicted octanol–water partition coefficient (Wildman–Crippen LogP) is 4.20. The highest BCUT2D eigenvalue weighted by Crippen LogP contribution is 2.22. The van der Waals surface area contributed by atoms with Crippen molar-refractivity contribution in [3.8, 4) is 0 Å². The van der Waals surface area contributed by atoms with E-state index >= 15 is 0 Å². The zero-order chi connectivity index (χ0) is 15.4. The van der Waals surface area contributed by atoms with Crippen molar-refractivity contribution < 1.29 is 4.79 Å². The highest BCUT2D eigenvalue weighted by molar-refractivity contribution is 6.06. The molecule has 2 aromatic carbocycles. The van der Waals surface area contributed by atoms with Crippen molar-refractivity contribution in [1.29, 1.82) is 0 Å². The molecule has 0 saturated carbocycles. The molecule has 0 saturated heterocycles. The van der Waals surface area contributed by atoms with Gasteiger partial charge in [-0.2, -0.15) is 0 Å². The molecular formula is C19H16N2O. The lowest BCUT2D eigenvalue weighted by Gasteiger charge is -2.07. The normalized spacial score (nSPS) is 11.0. The van der Waals surface area contributed by atoms with Gasteiger partial charge in [0.1, 0.15) is 0 Å². The van der Waals surface area contributed by atoms with E-state index in [9.17, 15) is 4.79 Å². The van der Waals surface area contributed by atoms with Crippen LogP contribution in [0.15, 0.2) is 66.7 Å². The topological polar surface area (TPSA) is 42.0 Å². The second kappa shape index (κ2) is 6.22. The Morgan fingerprint density at radius 2 is 1.82 bits per heavy atom. The van der Waals surface area contributed by atoms with E-state index in [0.29, 0.717) is 0 Å². The number of benzene rings is 2. The van der Waals surface area contributed by atoms with E-state index in [1.54, 1.807) is 6.08 Å². The largest absolute Gasteiger partial charge is 0.322 e. The molecule has 1 N–H and O–H groups in total. The molecule has 3 heteroatoms. The van der Waals surface area contributed by atoms with Gasteiger partial charge < -0.3 is 5.32 Å². The van der Waals surface area contributed by atoms with Crippen molar-refractivity contribution in [2.45, 2.75) is 6.92 Å². The van der Waals surface area contributed by atoms with Crippen LogP contribution in [0.3, 0.4) is 0 Å². The van der Waals surface area contributed by atoms with Crippen LogP contribution in [-0.2, 0) is 4.79 Å². The number of rotatable bonds is 3. The zero-order valence-corrected chi connectivity index (χ0v) is 12.3. The number of hydrogen-bond donors (Lipinski definition) is 1. The number of anilines is 1. The number of aromatic nitrogens is 1. The molecule has 0 radical (unpaired) electrons. The lowest BCUT2D eigenvalue weighted by Crippen LogP contribution is -2.08. The SMILES string of the molecule is Cc1ccc2c(NC(=O)/C=C/c3ccccc3)cccc2n1. The average molecular weight is 288 g/mol. The highest BCUT2D eigenvalue weighted by atomic mass is 16.1. The molecule has 0 unspecified atom stereocenters. The Bertz CT molecular complexity index is 838. The number of hydrogen-bond acceptors (Lipinski definition) is 2. The molecular weight excluding hydrogens is 272 g/mol. The number of pyridine rings is 1. The number of aryl methyl sites for hydroxylation is 1. The quantitative estimate of drug-likeness (QED) is 0.734. The van der Waals surface area contributed by atoms with Gasteiger partial charge in [0.05, 0.1) is 11.2 Å². The van der Waals surface area contributed by atoms with Gasteiger partial charge >= 0.3 is 0 Å². The Kier molecular flexibility index (Phi) is 3.97. The van der Waals surface area contributed by atoms with Crippen molar-refractivity contribution in [2.75, 3.05) is 5.32 Å². The molecule has 3 rings (SSSR count). The van der Waals surface area contributed by atoms with Gasteiger partial charge in [-0.3, -0.25) is 9.78 Å². The lowest BCUT2D eigenvalue weighted by atomic mass is 10.1. The Labute approximate surface area is 129 Å². The first-order chi connectivity index (χ1) is 10.7. The summed E-state index contributed by atoms with van der Waals surface area (Å²) in [4.78, 5) is 16.5. The van der Waals surface area contributed by atoms with E-state index in [1.165, 1.54) is 6.08 Å². The third kappa shape index (κ3) is 3.20. The van der Waals surface area contributed by atoms with Crippen LogP contribution >= 0.6 is 0 Å². The highest BCUT2D eigenvalue weighted by Gasteiger charge is 2.04. The molecule has 0 aliphatic heterocycles. The molecule has 0 aliphatic rings. The smallest absolute Gasteiger partial charge is 0.248 e. The average Bonchev–Trinajstić information content (AvgIpc) is 2.54. The van der Waals surface area contributed by atoms with Crippen LogP contribution in [0.5, 0.6) is 0 Å². The second-order valence-corrected chi connectivity index (χ2v) is 5.06. The first-order valence-corrected chi connectivity index (χ1v) is 7.13. The van der Waals surface area contributed by atoms with Crippen molar-refractivity contribution in [2.24, 2.45) is 0 Å². The summed E-state index contributed by atoms with van der Waals surface area (Å²) in [6.45, 7) is 1.95. The minimum atomic E-state index is -0.156. The van der Waals surface area contributed by atoms with E-state index < -0.39 is 0 Å². The van der Waals surface area contributed by atoms with Gasteiger partial charge in [-0.1, -0.05) is 36.4 Å². The maximum atomic E-state index is 12.1. The zero-order valence-electron chi connectivity index (χ0n) is 12.3. The Morgan fingerprint density at radius 3 is 2.64 bits per heavy atom. The molecule has 1 aromatic heterocycles. The molecule has 1 heterocycles. The van der Waals surface area contributed by atoms with Crippen molar-refractivity contribution in [3.63, 3.8) is 0 Å². The Morgan fingerprint density at radius 1 is 1.00 bits per heavy atom. The number of amides is 1. The summed E-state index contributed by atoms with van der Waals surface area (Å²) in [6, 6.07) is 19.4. The fourth-order valence-corrected chi connectivity index (χ4v) is 2.28. The Hall–Kier alpha value is -2.94. The first-order valence-electron chi connectivity index (χ1n) is 7.13. The molecule has 0 aliphatic carbocycles. The first kappa shape index (κ1) is 14.0. The van der Waals surface area contributed by atoms with Crippen molar-refractivity contribution in [1.82, 2.24) is 4.98 Å². The maximum absolute atomic E-state index is 12.1. The van der Waals surface area contributed by atoms with Gasteiger partial charge in [0, 0.05) is 17.2 Å². The third-order valence-electron chi connectivity index (χ3n) is 3.36. The van der Waals surface area contributed by atoms with Crippen molar-refractivity contribution in [3.05, 3.63) is 78.0 Å². The monoisotopic (exact) mass is 288 g/mol. The van der Waals surface area contributed by atoms with E-state index in [4.69, 9.17) is 0 Å². The number of nitrogens with one attached hydrogen (secondary N) is 1. The van der Waals surface area contributed by atoms with Gasteiger partial charge in [0.2, 0.25) is 5.91 Å². The predicted molar refractivity (Wildman–Crippen MR) is 90.6 cm³/mol. The van der Waals surface area contributed by atoms with E-state index in [1.807, 2.05) is 67.6 Å². The number of carbonyl (C=O) groups is 1. The molecule has 0 fully saturated rings. The second-order valence-electron chi connectivity index (χ2n) is 5.06. The van der Waals surface area contributed by atoms with Crippen LogP contribution in [0, 0.1) is 6.92 Å². The van der Waals surface area contributed by atoms with Gasteiger partial charge in [-0.05, 0) is 42.8 Å². The fourth-order valence-electron chi connectivity index (χ4n) is 2.28. The summed E-state index contributed by atoms with van der Waals surface area (Å²) in [5.74, 6) is -0.156. The molecule has 0 atom stereocenters. The summed E-state index contributed by atoms with van der Waals surface area (Å²) >= 11 is 0. The van der Waals surface area contributed by atoms with Gasteiger partial charge in [-0.15, -0.1) is 0 Å². The van der Waals surface area contributed by atoms with Gasteiger partial charge in [0.25, 0.3) is 0 Å². The molecule has 0 spiro atoms. The molecule has 3 aromatic rings. The summed E-state index contributed by atoms with van der Waals surface area (Å²) in [6.07, 6.45) is 3.33. The minimum Gasteiger partial charge on any atom is -0.322 e. The van der Waals surface area contributed by atoms with Crippen LogP contribution in [0.1, 0.15) is 11.3 Å². The van der Waals surface area contributed by atoms with Gasteiger partial charge in [0.15, 0.2) is 0 Å². The van der Waals surface area contributed by atoms with Crippen LogP contribution < -0.4 is 5.32 Å². The van der Waals surface area contributed by atoms with Crippen molar-refractivity contribution >= 4 is 28.6 Å². The molecule has 3 nitrogen and oxygen atoms in total. The van der Waals surface area contributed by atoms with E-state index in [0.717, 1.165) is 27.8 Å². The number of nitrogens with zero attached hydrogens (tertiary/aromatic N) is 1. The fraction of sp³-hybridized carbons (Fsp3) is 0.0526. The number of fused-ring (bicyclic) bond motifs is 1. The molecule has 108 valence electrons. The van der Waals surface area contributed by atoms with Crippen LogP contribution in [0.2, 0.25) is 0 Å². The lowest BCUT2D eigenvalue weighted by molar-refractivity contribution is -0.111. The summed E-state index contributed by atoms with van der Waals surface area (Å²) in [5, 5.41) is 3.85. The van der Waals surface area contributed by atoms with Crippen LogP contribution in [0.25, 0.3) is 17.0 Å². The van der Waals surface area contributed by atoms with Crippen LogP contribution in [0.4, 0.5) is 5.69 Å². The van der Waals surface area contributed by atoms with Crippen LogP contribution in [-0.4, -0.2) is 10.9 Å². The van der Waals surface area contributed by atoms with Gasteiger partial charge in [-0.25, -0.2) is 0 Å². The van der Waals surface area contributed by atoms with E-state index in [-0.39, 0.29) is 5.91 Å². The maximum Gasteiger partial charge on any atom is 0.248 e. The van der Waals surface area contributed by atoms with E-state index in [2.05, 4.69) is 10.3 Å². The minimum absolute atomic E-state index is 0.156.